The lowest BCUT2D eigenvalue weighted by Gasteiger charge is -2.33. The van der Waals surface area contributed by atoms with E-state index in [0.717, 1.165) is 31.9 Å². The van der Waals surface area contributed by atoms with Crippen LogP contribution in [0.2, 0.25) is 0 Å². The van der Waals surface area contributed by atoms with Crippen LogP contribution in [0.5, 0.6) is 0 Å². The fourth-order valence-electron chi connectivity index (χ4n) is 2.02. The van der Waals surface area contributed by atoms with Gasteiger partial charge in [-0.25, -0.2) is 8.42 Å². The van der Waals surface area contributed by atoms with Gasteiger partial charge < -0.3 is 10.6 Å². The third kappa shape index (κ3) is 4.09. The highest BCUT2D eigenvalue weighted by Crippen LogP contribution is 2.21. The smallest absolute Gasteiger partial charge is 0.237 e. The van der Waals surface area contributed by atoms with E-state index in [4.69, 9.17) is 5.73 Å². The zero-order chi connectivity index (χ0) is 12.3. The maximum Gasteiger partial charge on any atom is 0.237 e. The first-order chi connectivity index (χ1) is 7.29. The van der Waals surface area contributed by atoms with Crippen molar-refractivity contribution in [3.05, 3.63) is 0 Å². The van der Waals surface area contributed by atoms with Crippen molar-refractivity contribution in [2.24, 2.45) is 5.73 Å². The van der Waals surface area contributed by atoms with Crippen molar-refractivity contribution < 1.29 is 13.2 Å². The minimum atomic E-state index is -3.23. The zero-order valence-corrected chi connectivity index (χ0v) is 10.7. The molecule has 0 aliphatic heterocycles. The van der Waals surface area contributed by atoms with Gasteiger partial charge in [0.15, 0.2) is 9.84 Å². The molecule has 0 aromatic heterocycles. The van der Waals surface area contributed by atoms with Gasteiger partial charge in [-0.15, -0.1) is 0 Å². The molecule has 1 rings (SSSR count). The molecule has 0 aromatic carbocycles. The Hall–Kier alpha value is -0.620. The summed E-state index contributed by atoms with van der Waals surface area (Å²) in [5.74, 6) is -0.713. The van der Waals surface area contributed by atoms with E-state index >= 15 is 0 Å². The minimum absolute atomic E-state index is 0.147. The highest BCUT2D eigenvalue weighted by atomic mass is 32.2. The molecule has 0 bridgehead atoms. The van der Waals surface area contributed by atoms with Gasteiger partial charge in [0.25, 0.3) is 0 Å². The number of hydrogen-bond donors (Lipinski definition) is 1. The number of hydrogen-bond acceptors (Lipinski definition) is 4. The predicted octanol–water partition coefficient (Wildman–Crippen LogP) is -0.241. The number of rotatable bonds is 3. The number of amides is 1. The van der Waals surface area contributed by atoms with Gasteiger partial charge in [0.05, 0.1) is 0 Å². The highest BCUT2D eigenvalue weighted by Gasteiger charge is 2.26. The van der Waals surface area contributed by atoms with Crippen LogP contribution in [0.3, 0.4) is 0 Å². The summed E-state index contributed by atoms with van der Waals surface area (Å²) in [6, 6.07) is 0.378. The Morgan fingerprint density at radius 1 is 1.31 bits per heavy atom. The van der Waals surface area contributed by atoms with Crippen molar-refractivity contribution >= 4 is 15.7 Å². The Bertz CT molecular complexity index is 345. The monoisotopic (exact) mass is 248 g/mol. The molecule has 0 atom stereocenters. The fraction of sp³-hybridized carbons (Fsp3) is 0.900. The average molecular weight is 248 g/mol. The molecule has 5 nitrogen and oxygen atoms in total. The van der Waals surface area contributed by atoms with E-state index in [0.29, 0.717) is 0 Å². The summed E-state index contributed by atoms with van der Waals surface area (Å²) in [6.07, 6.45) is 4.62. The van der Waals surface area contributed by atoms with E-state index in [1.165, 1.54) is 0 Å². The van der Waals surface area contributed by atoms with Crippen LogP contribution in [-0.2, 0) is 14.6 Å². The minimum Gasteiger partial charge on any atom is -0.342 e. The molecule has 2 N–H and O–H groups in total. The molecule has 0 radical (unpaired) electrons. The maximum absolute atomic E-state index is 11.7. The van der Waals surface area contributed by atoms with Crippen molar-refractivity contribution in [3.63, 3.8) is 0 Å². The second-order valence-corrected chi connectivity index (χ2v) is 6.78. The molecule has 0 aromatic rings. The molecular formula is C10H20N2O3S. The second-order valence-electron chi connectivity index (χ2n) is 4.64. The van der Waals surface area contributed by atoms with Gasteiger partial charge in [0, 0.05) is 25.4 Å². The van der Waals surface area contributed by atoms with Crippen molar-refractivity contribution in [3.8, 4) is 0 Å². The third-order valence-corrected chi connectivity index (χ3v) is 3.84. The molecule has 0 unspecified atom stereocenters. The van der Waals surface area contributed by atoms with Crippen molar-refractivity contribution in [2.45, 2.75) is 37.8 Å². The van der Waals surface area contributed by atoms with Crippen LogP contribution >= 0.6 is 0 Å². The van der Waals surface area contributed by atoms with E-state index in [1.54, 1.807) is 11.9 Å². The Morgan fingerprint density at radius 3 is 2.25 bits per heavy atom. The quantitative estimate of drug-likeness (QED) is 0.747. The van der Waals surface area contributed by atoms with Gasteiger partial charge in [-0.1, -0.05) is 0 Å². The average Bonchev–Trinajstić information content (AvgIpc) is 2.15. The van der Waals surface area contributed by atoms with Gasteiger partial charge in [-0.05, 0) is 25.7 Å². The summed E-state index contributed by atoms with van der Waals surface area (Å²) < 4.78 is 22.0. The van der Waals surface area contributed by atoms with Gasteiger partial charge in [0.1, 0.15) is 5.75 Å². The number of carbonyl (C=O) groups excluding carboxylic acids is 1. The largest absolute Gasteiger partial charge is 0.342 e. The van der Waals surface area contributed by atoms with Crippen molar-refractivity contribution in [1.29, 1.82) is 0 Å². The summed E-state index contributed by atoms with van der Waals surface area (Å²) in [6.45, 7) is 0. The van der Waals surface area contributed by atoms with Crippen LogP contribution < -0.4 is 5.73 Å². The van der Waals surface area contributed by atoms with Crippen LogP contribution in [0.4, 0.5) is 0 Å². The van der Waals surface area contributed by atoms with Crippen LogP contribution in [0.15, 0.2) is 0 Å². The molecule has 0 spiro atoms. The third-order valence-electron chi connectivity index (χ3n) is 3.07. The van der Waals surface area contributed by atoms with E-state index in [2.05, 4.69) is 0 Å². The molecule has 0 heterocycles. The summed E-state index contributed by atoms with van der Waals surface area (Å²) in [7, 11) is -1.56. The van der Waals surface area contributed by atoms with E-state index in [9.17, 15) is 13.2 Å². The summed E-state index contributed by atoms with van der Waals surface area (Å²) in [4.78, 5) is 13.2. The molecule has 1 saturated carbocycles. The van der Waals surface area contributed by atoms with E-state index in [1.807, 2.05) is 0 Å². The Labute approximate surface area is 96.9 Å². The predicted molar refractivity (Wildman–Crippen MR) is 62.7 cm³/mol. The number of sulfone groups is 1. The molecule has 1 aliphatic rings. The number of nitrogens with two attached hydrogens (primary N) is 1. The summed E-state index contributed by atoms with van der Waals surface area (Å²) in [5, 5.41) is 0. The maximum atomic E-state index is 11.7. The lowest BCUT2D eigenvalue weighted by Crippen LogP contribution is -2.43. The molecule has 0 saturated heterocycles. The molecular weight excluding hydrogens is 228 g/mol. The summed E-state index contributed by atoms with van der Waals surface area (Å²) >= 11 is 0. The van der Waals surface area contributed by atoms with Crippen LogP contribution in [-0.4, -0.2) is 50.4 Å². The zero-order valence-electron chi connectivity index (χ0n) is 9.85. The lowest BCUT2D eigenvalue weighted by atomic mass is 9.91. The van der Waals surface area contributed by atoms with Gasteiger partial charge in [0.2, 0.25) is 5.91 Å². The number of carbonyl (C=O) groups is 1. The molecule has 1 amide bonds. The van der Waals surface area contributed by atoms with Crippen LogP contribution in [0.1, 0.15) is 25.7 Å². The first-order valence-corrected chi connectivity index (χ1v) is 7.54. The van der Waals surface area contributed by atoms with Crippen molar-refractivity contribution in [2.75, 3.05) is 19.1 Å². The number of nitrogens with zero attached hydrogens (tertiary/aromatic N) is 1. The topological polar surface area (TPSA) is 80.5 Å². The van der Waals surface area contributed by atoms with Crippen LogP contribution in [0.25, 0.3) is 0 Å². The molecule has 16 heavy (non-hydrogen) atoms. The fourth-order valence-corrected chi connectivity index (χ4v) is 2.67. The molecule has 1 aliphatic carbocycles. The normalized spacial score (nSPS) is 26.4. The first-order valence-electron chi connectivity index (χ1n) is 5.48. The molecule has 1 fully saturated rings. The van der Waals surface area contributed by atoms with E-state index < -0.39 is 15.6 Å². The standard InChI is InChI=1S/C10H20N2O3S/c1-12(10(13)7-16(2,14)15)9-5-3-8(11)4-6-9/h8-9H,3-7,11H2,1-2H3. The Balaban J connectivity index is 2.51. The van der Waals surface area contributed by atoms with Gasteiger partial charge in [-0.2, -0.15) is 0 Å². The van der Waals surface area contributed by atoms with E-state index in [-0.39, 0.29) is 18.0 Å². The molecule has 6 heteroatoms. The first kappa shape index (κ1) is 13.4. The SMILES string of the molecule is CN(C(=O)CS(C)(=O)=O)C1CCC(N)CC1. The Morgan fingerprint density at radius 2 is 1.81 bits per heavy atom. The lowest BCUT2D eigenvalue weighted by molar-refractivity contribution is -0.129. The van der Waals surface area contributed by atoms with Gasteiger partial charge >= 0.3 is 0 Å². The second kappa shape index (κ2) is 5.14. The van der Waals surface area contributed by atoms with Crippen molar-refractivity contribution in [1.82, 2.24) is 4.90 Å². The van der Waals surface area contributed by atoms with Crippen LogP contribution in [0, 0.1) is 0 Å². The molecule has 94 valence electrons. The van der Waals surface area contributed by atoms with Gasteiger partial charge in [-0.3, -0.25) is 4.79 Å². The highest BCUT2D eigenvalue weighted by molar-refractivity contribution is 7.91. The summed E-state index contributed by atoms with van der Waals surface area (Å²) in [5.41, 5.74) is 5.78. The Kier molecular flexibility index (Phi) is 4.32.